The highest BCUT2D eigenvalue weighted by molar-refractivity contribution is 5.71. The summed E-state index contributed by atoms with van der Waals surface area (Å²) in [6, 6.07) is 17.4. The quantitative estimate of drug-likeness (QED) is 0.449. The smallest absolute Gasteiger partial charge is 0.306 e. The molecule has 1 aromatic heterocycles. The van der Waals surface area contributed by atoms with Gasteiger partial charge in [0.15, 0.2) is 0 Å². The normalized spacial score (nSPS) is 18.6. The molecule has 0 radical (unpaired) electrons. The lowest BCUT2D eigenvalue weighted by molar-refractivity contribution is -0.142. The third-order valence-electron chi connectivity index (χ3n) is 9.02. The van der Waals surface area contributed by atoms with E-state index in [9.17, 15) is 9.90 Å². The van der Waals surface area contributed by atoms with Crippen LogP contribution in [0.4, 0.5) is 5.82 Å². The van der Waals surface area contributed by atoms with Gasteiger partial charge in [0.2, 0.25) is 0 Å². The number of carbonyl (C=O) groups is 1. The van der Waals surface area contributed by atoms with Crippen molar-refractivity contribution in [2.75, 3.05) is 44.3 Å². The second-order valence-electron chi connectivity index (χ2n) is 11.4. The summed E-state index contributed by atoms with van der Waals surface area (Å²) in [5, 5.41) is 9.35. The molecule has 7 nitrogen and oxygen atoms in total. The molecule has 7 heteroatoms. The molecule has 0 atom stereocenters. The van der Waals surface area contributed by atoms with Crippen LogP contribution in [0.5, 0.6) is 5.75 Å². The van der Waals surface area contributed by atoms with Crippen molar-refractivity contribution in [1.29, 1.82) is 0 Å². The largest absolute Gasteiger partial charge is 0.488 e. The van der Waals surface area contributed by atoms with Crippen molar-refractivity contribution in [3.63, 3.8) is 0 Å². The van der Waals surface area contributed by atoms with Gasteiger partial charge in [-0.2, -0.15) is 0 Å². The zero-order chi connectivity index (χ0) is 27.6. The zero-order valence-corrected chi connectivity index (χ0v) is 23.6. The molecule has 2 fully saturated rings. The Hall–Kier alpha value is -3.42. The first-order valence-corrected chi connectivity index (χ1v) is 14.6. The van der Waals surface area contributed by atoms with Crippen molar-refractivity contribution in [3.8, 4) is 17.0 Å². The van der Waals surface area contributed by atoms with Gasteiger partial charge < -0.3 is 19.5 Å². The average molecular weight is 542 g/mol. The number of nitrogens with zero attached hydrogens (tertiary/aromatic N) is 3. The Bertz CT molecular complexity index is 1380. The van der Waals surface area contributed by atoms with Gasteiger partial charge >= 0.3 is 5.97 Å². The fourth-order valence-electron chi connectivity index (χ4n) is 6.33. The van der Waals surface area contributed by atoms with E-state index in [0.29, 0.717) is 38.6 Å². The SMILES string of the molecule is Cc1cccc(-c2cccc(N3CCC(C(=O)O)CC3)n2)c1OCc1ccc2c(c1C)CCN(C1COC1)CC2. The van der Waals surface area contributed by atoms with Crippen LogP contribution in [0.3, 0.4) is 0 Å². The first kappa shape index (κ1) is 26.8. The van der Waals surface area contributed by atoms with E-state index in [0.717, 1.165) is 67.5 Å². The van der Waals surface area contributed by atoms with Gasteiger partial charge in [-0.05, 0) is 85.5 Å². The van der Waals surface area contributed by atoms with E-state index in [4.69, 9.17) is 14.5 Å². The lowest BCUT2D eigenvalue weighted by Gasteiger charge is -2.36. The Balaban J connectivity index is 1.19. The molecule has 0 spiro atoms. The summed E-state index contributed by atoms with van der Waals surface area (Å²) >= 11 is 0. The Morgan fingerprint density at radius 3 is 2.52 bits per heavy atom. The van der Waals surface area contributed by atoms with Crippen molar-refractivity contribution < 1.29 is 19.4 Å². The molecule has 0 bridgehead atoms. The van der Waals surface area contributed by atoms with E-state index >= 15 is 0 Å². The number of carboxylic acid groups (broad SMARTS) is 1. The number of pyridine rings is 1. The Morgan fingerprint density at radius 1 is 1.00 bits per heavy atom. The monoisotopic (exact) mass is 541 g/mol. The maximum absolute atomic E-state index is 11.4. The van der Waals surface area contributed by atoms with E-state index in [2.05, 4.69) is 54.0 Å². The lowest BCUT2D eigenvalue weighted by Crippen LogP contribution is -2.49. The number of ether oxygens (including phenoxy) is 2. The van der Waals surface area contributed by atoms with Crippen LogP contribution >= 0.6 is 0 Å². The Labute approximate surface area is 236 Å². The second kappa shape index (κ2) is 11.6. The van der Waals surface area contributed by atoms with Gasteiger partial charge in [0.25, 0.3) is 0 Å². The van der Waals surface area contributed by atoms with Gasteiger partial charge in [0.1, 0.15) is 18.2 Å². The lowest BCUT2D eigenvalue weighted by atomic mass is 9.94. The average Bonchev–Trinajstić information content (AvgIpc) is 3.15. The van der Waals surface area contributed by atoms with Gasteiger partial charge in [-0.25, -0.2) is 4.98 Å². The molecule has 0 saturated carbocycles. The first-order valence-electron chi connectivity index (χ1n) is 14.6. The number of aliphatic carboxylic acids is 1. The van der Waals surface area contributed by atoms with E-state index in [1.165, 1.54) is 22.3 Å². The van der Waals surface area contributed by atoms with Gasteiger partial charge in [-0.3, -0.25) is 9.69 Å². The Morgan fingerprint density at radius 2 is 1.77 bits per heavy atom. The van der Waals surface area contributed by atoms with Gasteiger partial charge in [-0.1, -0.05) is 30.3 Å². The third kappa shape index (κ3) is 5.45. The van der Waals surface area contributed by atoms with Crippen LogP contribution in [0.2, 0.25) is 0 Å². The molecule has 0 unspecified atom stereocenters. The van der Waals surface area contributed by atoms with Crippen LogP contribution in [0.25, 0.3) is 11.3 Å². The number of fused-ring (bicyclic) bond motifs is 1. The standard InChI is InChI=1S/C33H39N3O4/c1-22-5-3-6-29(30-7-4-8-31(34-30)36-16-12-25(13-17-36)33(37)38)32(22)40-19-26-10-9-24-11-15-35(27-20-39-21-27)18-14-28(24)23(26)2/h3-10,25,27H,11-21H2,1-2H3,(H,37,38). The summed E-state index contributed by atoms with van der Waals surface area (Å²) in [6.45, 7) is 10.2. The van der Waals surface area contributed by atoms with Crippen molar-refractivity contribution in [2.45, 2.75) is 52.2 Å². The summed E-state index contributed by atoms with van der Waals surface area (Å²) in [7, 11) is 0. The van der Waals surface area contributed by atoms with Crippen molar-refractivity contribution in [2.24, 2.45) is 5.92 Å². The number of carboxylic acids is 1. The number of aryl methyl sites for hydroxylation is 1. The van der Waals surface area contributed by atoms with Crippen LogP contribution in [0.1, 0.15) is 40.7 Å². The third-order valence-corrected chi connectivity index (χ3v) is 9.02. The maximum atomic E-state index is 11.4. The van der Waals surface area contributed by atoms with Crippen LogP contribution in [-0.4, -0.2) is 66.4 Å². The fourth-order valence-corrected chi connectivity index (χ4v) is 6.33. The van der Waals surface area contributed by atoms with Gasteiger partial charge in [0, 0.05) is 31.7 Å². The minimum absolute atomic E-state index is 0.260. The van der Waals surface area contributed by atoms with Gasteiger partial charge in [-0.15, -0.1) is 0 Å². The minimum atomic E-state index is -0.696. The Kier molecular flexibility index (Phi) is 7.76. The van der Waals surface area contributed by atoms with Crippen molar-refractivity contribution in [1.82, 2.24) is 9.88 Å². The molecular weight excluding hydrogens is 502 g/mol. The molecule has 2 saturated heterocycles. The molecule has 40 heavy (non-hydrogen) atoms. The molecule has 4 heterocycles. The van der Waals surface area contributed by atoms with E-state index in [1.807, 2.05) is 18.2 Å². The van der Waals surface area contributed by atoms with Gasteiger partial charge in [0.05, 0.1) is 30.9 Å². The fraction of sp³-hybridized carbons (Fsp3) is 0.455. The van der Waals surface area contributed by atoms with E-state index < -0.39 is 5.97 Å². The second-order valence-corrected chi connectivity index (χ2v) is 11.4. The molecule has 0 aliphatic carbocycles. The molecule has 210 valence electrons. The van der Waals surface area contributed by atoms with Crippen LogP contribution in [-0.2, 0) is 29.0 Å². The van der Waals surface area contributed by atoms with E-state index in [-0.39, 0.29) is 5.92 Å². The molecule has 3 aliphatic rings. The number of piperidine rings is 1. The van der Waals surface area contributed by atoms with Crippen molar-refractivity contribution in [3.05, 3.63) is 76.3 Å². The summed E-state index contributed by atoms with van der Waals surface area (Å²) in [4.78, 5) is 21.2. The zero-order valence-electron chi connectivity index (χ0n) is 23.6. The van der Waals surface area contributed by atoms with Crippen LogP contribution in [0, 0.1) is 19.8 Å². The van der Waals surface area contributed by atoms with E-state index in [1.54, 1.807) is 0 Å². The summed E-state index contributed by atoms with van der Waals surface area (Å²) in [6.07, 6.45) is 3.45. The summed E-state index contributed by atoms with van der Waals surface area (Å²) < 4.78 is 12.0. The van der Waals surface area contributed by atoms with Crippen LogP contribution in [0.15, 0.2) is 48.5 Å². The number of hydrogen-bond acceptors (Lipinski definition) is 6. The number of hydrogen-bond donors (Lipinski definition) is 1. The minimum Gasteiger partial charge on any atom is -0.488 e. The van der Waals surface area contributed by atoms with Crippen molar-refractivity contribution >= 4 is 11.8 Å². The molecular formula is C33H39N3O4. The molecule has 3 aromatic rings. The highest BCUT2D eigenvalue weighted by Gasteiger charge is 2.28. The molecule has 0 amide bonds. The topological polar surface area (TPSA) is 75.1 Å². The predicted octanol–water partition coefficient (Wildman–Crippen LogP) is 5.04. The van der Waals surface area contributed by atoms with Crippen LogP contribution < -0.4 is 9.64 Å². The summed E-state index contributed by atoms with van der Waals surface area (Å²) in [5.74, 6) is 0.794. The predicted molar refractivity (Wildman–Crippen MR) is 156 cm³/mol. The summed E-state index contributed by atoms with van der Waals surface area (Å²) in [5.41, 5.74) is 8.46. The number of benzene rings is 2. The molecule has 6 rings (SSSR count). The first-order chi connectivity index (χ1) is 19.5. The molecule has 1 N–H and O–H groups in total. The number of rotatable bonds is 7. The maximum Gasteiger partial charge on any atom is 0.306 e. The molecule has 2 aromatic carbocycles. The number of para-hydroxylation sites is 1. The number of aromatic nitrogens is 1. The highest BCUT2D eigenvalue weighted by Crippen LogP contribution is 2.35. The number of anilines is 1. The molecule has 3 aliphatic heterocycles. The highest BCUT2D eigenvalue weighted by atomic mass is 16.5.